The molecule has 0 unspecified atom stereocenters. The predicted molar refractivity (Wildman–Crippen MR) is 74.2 cm³/mol. The summed E-state index contributed by atoms with van der Waals surface area (Å²) >= 11 is 0. The minimum Gasteiger partial charge on any atom is -0.462 e. The number of anilines is 1. The molecule has 5 nitrogen and oxygen atoms in total. The van der Waals surface area contributed by atoms with E-state index in [1.54, 1.807) is 30.3 Å². The van der Waals surface area contributed by atoms with Gasteiger partial charge in [0.2, 0.25) is 0 Å². The fourth-order valence-electron chi connectivity index (χ4n) is 1.31. The van der Waals surface area contributed by atoms with Crippen molar-refractivity contribution in [2.45, 2.75) is 13.3 Å². The SMILES string of the molecule is C=CCNC(=O)Nc1ccc(C(=O)OCCC)cc1. The second kappa shape index (κ2) is 7.92. The molecule has 2 amide bonds. The zero-order valence-electron chi connectivity index (χ0n) is 10.9. The van der Waals surface area contributed by atoms with Gasteiger partial charge in [0.05, 0.1) is 12.2 Å². The number of hydrogen-bond acceptors (Lipinski definition) is 3. The third kappa shape index (κ3) is 5.25. The van der Waals surface area contributed by atoms with Gasteiger partial charge in [0.1, 0.15) is 0 Å². The first-order chi connectivity index (χ1) is 9.17. The number of nitrogens with one attached hydrogen (secondary N) is 2. The normalized spacial score (nSPS) is 9.53. The molecule has 19 heavy (non-hydrogen) atoms. The van der Waals surface area contributed by atoms with Crippen LogP contribution in [-0.2, 0) is 4.74 Å². The summed E-state index contributed by atoms with van der Waals surface area (Å²) in [5.74, 6) is -0.357. The Balaban J connectivity index is 2.53. The maximum atomic E-state index is 11.5. The molecule has 0 spiro atoms. The van der Waals surface area contributed by atoms with Crippen molar-refractivity contribution in [1.82, 2.24) is 5.32 Å². The fraction of sp³-hybridized carbons (Fsp3) is 0.286. The Bertz CT molecular complexity index is 441. The lowest BCUT2D eigenvalue weighted by atomic mass is 10.2. The van der Waals surface area contributed by atoms with E-state index in [0.717, 1.165) is 6.42 Å². The fourth-order valence-corrected chi connectivity index (χ4v) is 1.31. The highest BCUT2D eigenvalue weighted by Crippen LogP contribution is 2.10. The van der Waals surface area contributed by atoms with Gasteiger partial charge in [0.25, 0.3) is 0 Å². The van der Waals surface area contributed by atoms with Crippen molar-refractivity contribution in [3.05, 3.63) is 42.5 Å². The minimum absolute atomic E-state index is 0.318. The van der Waals surface area contributed by atoms with Crippen LogP contribution < -0.4 is 10.6 Å². The molecule has 0 aliphatic heterocycles. The van der Waals surface area contributed by atoms with Crippen molar-refractivity contribution in [3.8, 4) is 0 Å². The van der Waals surface area contributed by atoms with Gasteiger partial charge in [0, 0.05) is 12.2 Å². The van der Waals surface area contributed by atoms with E-state index in [2.05, 4.69) is 17.2 Å². The number of rotatable bonds is 6. The van der Waals surface area contributed by atoms with Crippen molar-refractivity contribution in [2.75, 3.05) is 18.5 Å². The van der Waals surface area contributed by atoms with E-state index in [0.29, 0.717) is 24.4 Å². The van der Waals surface area contributed by atoms with Gasteiger partial charge in [-0.15, -0.1) is 6.58 Å². The van der Waals surface area contributed by atoms with Gasteiger partial charge in [-0.3, -0.25) is 0 Å². The zero-order chi connectivity index (χ0) is 14.1. The molecule has 0 aromatic heterocycles. The molecule has 102 valence electrons. The van der Waals surface area contributed by atoms with Gasteiger partial charge in [-0.1, -0.05) is 13.0 Å². The molecule has 0 fully saturated rings. The van der Waals surface area contributed by atoms with Crippen LogP contribution >= 0.6 is 0 Å². The quantitative estimate of drug-likeness (QED) is 0.611. The second-order valence-electron chi connectivity index (χ2n) is 3.84. The molecular formula is C14H18N2O3. The van der Waals surface area contributed by atoms with E-state index in [9.17, 15) is 9.59 Å². The lowest BCUT2D eigenvalue weighted by Gasteiger charge is -2.07. The summed E-state index contributed by atoms with van der Waals surface area (Å²) in [5, 5.41) is 5.22. The van der Waals surface area contributed by atoms with Crippen LogP contribution in [0.15, 0.2) is 36.9 Å². The molecule has 0 atom stereocenters. The number of carbonyl (C=O) groups is 2. The molecule has 0 radical (unpaired) electrons. The third-order valence-electron chi connectivity index (χ3n) is 2.22. The van der Waals surface area contributed by atoms with Crippen LogP contribution in [0, 0.1) is 0 Å². The van der Waals surface area contributed by atoms with Crippen LogP contribution in [-0.4, -0.2) is 25.2 Å². The number of benzene rings is 1. The summed E-state index contributed by atoms with van der Waals surface area (Å²) in [7, 11) is 0. The van der Waals surface area contributed by atoms with Crippen molar-refractivity contribution < 1.29 is 14.3 Å². The smallest absolute Gasteiger partial charge is 0.338 e. The summed E-state index contributed by atoms with van der Waals surface area (Å²) in [6.07, 6.45) is 2.38. The maximum absolute atomic E-state index is 11.5. The molecule has 0 saturated heterocycles. The molecule has 0 bridgehead atoms. The van der Waals surface area contributed by atoms with Crippen LogP contribution in [0.2, 0.25) is 0 Å². The Morgan fingerprint density at radius 3 is 2.58 bits per heavy atom. The summed E-state index contributed by atoms with van der Waals surface area (Å²) in [4.78, 5) is 22.9. The molecule has 1 aromatic carbocycles. The van der Waals surface area contributed by atoms with Crippen molar-refractivity contribution in [2.24, 2.45) is 0 Å². The number of carbonyl (C=O) groups excluding carboxylic acids is 2. The van der Waals surface area contributed by atoms with E-state index < -0.39 is 0 Å². The Labute approximate surface area is 112 Å². The van der Waals surface area contributed by atoms with Gasteiger partial charge in [-0.25, -0.2) is 9.59 Å². The van der Waals surface area contributed by atoms with Crippen LogP contribution in [0.3, 0.4) is 0 Å². The summed E-state index contributed by atoms with van der Waals surface area (Å²) < 4.78 is 5.00. The molecule has 5 heteroatoms. The van der Waals surface area contributed by atoms with Crippen molar-refractivity contribution in [3.63, 3.8) is 0 Å². The van der Waals surface area contributed by atoms with E-state index in [4.69, 9.17) is 4.74 Å². The highest BCUT2D eigenvalue weighted by Gasteiger charge is 2.06. The first-order valence-electron chi connectivity index (χ1n) is 6.10. The van der Waals surface area contributed by atoms with Crippen LogP contribution in [0.4, 0.5) is 10.5 Å². The molecule has 1 aromatic rings. The Morgan fingerprint density at radius 1 is 1.32 bits per heavy atom. The van der Waals surface area contributed by atoms with Crippen LogP contribution in [0.5, 0.6) is 0 Å². The first kappa shape index (κ1) is 14.8. The Hall–Kier alpha value is -2.30. The van der Waals surface area contributed by atoms with Gasteiger partial charge in [0.15, 0.2) is 0 Å². The first-order valence-corrected chi connectivity index (χ1v) is 6.10. The Morgan fingerprint density at radius 2 is 2.00 bits per heavy atom. The monoisotopic (exact) mass is 262 g/mol. The average molecular weight is 262 g/mol. The van der Waals surface area contributed by atoms with Crippen LogP contribution in [0.25, 0.3) is 0 Å². The van der Waals surface area contributed by atoms with E-state index in [1.165, 1.54) is 0 Å². The summed E-state index contributed by atoms with van der Waals surface area (Å²) in [6.45, 7) is 6.24. The van der Waals surface area contributed by atoms with Crippen molar-refractivity contribution in [1.29, 1.82) is 0 Å². The maximum Gasteiger partial charge on any atom is 0.338 e. The predicted octanol–water partition coefficient (Wildman–Crippen LogP) is 2.56. The molecule has 1 rings (SSSR count). The number of esters is 1. The van der Waals surface area contributed by atoms with E-state index >= 15 is 0 Å². The average Bonchev–Trinajstić information content (AvgIpc) is 2.43. The largest absolute Gasteiger partial charge is 0.462 e. The Kier molecular flexibility index (Phi) is 6.15. The summed E-state index contributed by atoms with van der Waals surface area (Å²) in [6, 6.07) is 6.20. The number of hydrogen-bond donors (Lipinski definition) is 2. The van der Waals surface area contributed by atoms with E-state index in [-0.39, 0.29) is 12.0 Å². The molecule has 0 aliphatic rings. The van der Waals surface area contributed by atoms with Gasteiger partial charge in [-0.05, 0) is 30.7 Å². The number of urea groups is 1. The standard InChI is InChI=1S/C14H18N2O3/c1-3-9-15-14(18)16-12-7-5-11(6-8-12)13(17)19-10-4-2/h3,5-8H,1,4,9-10H2,2H3,(H2,15,16,18). The lowest BCUT2D eigenvalue weighted by molar-refractivity contribution is 0.0505. The molecule has 2 N–H and O–H groups in total. The highest BCUT2D eigenvalue weighted by atomic mass is 16.5. The van der Waals surface area contributed by atoms with Gasteiger partial charge in [-0.2, -0.15) is 0 Å². The summed E-state index contributed by atoms with van der Waals surface area (Å²) in [5.41, 5.74) is 1.07. The molecule has 0 saturated carbocycles. The second-order valence-corrected chi connectivity index (χ2v) is 3.84. The van der Waals surface area contributed by atoms with Crippen molar-refractivity contribution >= 4 is 17.7 Å². The van der Waals surface area contributed by atoms with Crippen LogP contribution in [0.1, 0.15) is 23.7 Å². The van der Waals surface area contributed by atoms with Gasteiger partial charge >= 0.3 is 12.0 Å². The number of amides is 2. The topological polar surface area (TPSA) is 67.4 Å². The minimum atomic E-state index is -0.357. The molecule has 0 aliphatic carbocycles. The lowest BCUT2D eigenvalue weighted by Crippen LogP contribution is -2.28. The van der Waals surface area contributed by atoms with E-state index in [1.807, 2.05) is 6.92 Å². The molecule has 0 heterocycles. The third-order valence-corrected chi connectivity index (χ3v) is 2.22. The zero-order valence-corrected chi connectivity index (χ0v) is 10.9. The van der Waals surface area contributed by atoms with Gasteiger partial charge < -0.3 is 15.4 Å². The number of ether oxygens (including phenoxy) is 1. The highest BCUT2D eigenvalue weighted by molar-refractivity contribution is 5.92. The molecular weight excluding hydrogens is 244 g/mol.